The van der Waals surface area contributed by atoms with Crippen molar-refractivity contribution in [2.45, 2.75) is 69.5 Å². The largest absolute Gasteiger partial charge is 0.415 e. The van der Waals surface area contributed by atoms with E-state index in [2.05, 4.69) is 0 Å². The van der Waals surface area contributed by atoms with Crippen LogP contribution in [0.25, 0.3) is 0 Å². The van der Waals surface area contributed by atoms with E-state index in [-0.39, 0.29) is 6.61 Å². The van der Waals surface area contributed by atoms with Crippen molar-refractivity contribution in [2.75, 3.05) is 13.7 Å². The Kier molecular flexibility index (Phi) is 8.17. The van der Waals surface area contributed by atoms with Crippen molar-refractivity contribution in [1.29, 1.82) is 0 Å². The Bertz CT molecular complexity index is 325. The van der Waals surface area contributed by atoms with Gasteiger partial charge in [-0.15, -0.1) is 0 Å². The molecule has 1 aliphatic rings. The molecule has 0 bridgehead atoms. The second-order valence-corrected chi connectivity index (χ2v) is 13.8. The number of aliphatic hydroxyl groups excluding tert-OH is 3. The van der Waals surface area contributed by atoms with E-state index in [4.69, 9.17) is 13.6 Å². The van der Waals surface area contributed by atoms with Gasteiger partial charge >= 0.3 is 17.1 Å². The Hall–Kier alpha value is 0.194. The molecule has 1 rings (SSSR count). The Morgan fingerprint density at radius 3 is 2.27 bits per heavy atom. The summed E-state index contributed by atoms with van der Waals surface area (Å²) in [5.74, 6) is 0.349. The van der Waals surface area contributed by atoms with Gasteiger partial charge in [0.15, 0.2) is 0 Å². The molecule has 132 valence electrons. The maximum Gasteiger partial charge on any atom is 0.329 e. The molecule has 1 saturated carbocycles. The second-order valence-electron chi connectivity index (χ2n) is 6.84. The van der Waals surface area contributed by atoms with Gasteiger partial charge in [-0.25, -0.2) is 0 Å². The zero-order valence-corrected chi connectivity index (χ0v) is 16.0. The summed E-state index contributed by atoms with van der Waals surface area (Å²) >= 11 is 0. The molecule has 0 radical (unpaired) electrons. The van der Waals surface area contributed by atoms with E-state index in [0.717, 1.165) is 18.9 Å². The van der Waals surface area contributed by atoms with Crippen LogP contribution < -0.4 is 0 Å². The minimum atomic E-state index is -2.71. The number of hydrogen-bond acceptors (Lipinski definition) is 6. The fraction of sp³-hybridized carbons (Fsp3) is 1.00. The lowest BCUT2D eigenvalue weighted by Gasteiger charge is -2.36. The van der Waals surface area contributed by atoms with E-state index in [0.29, 0.717) is 31.2 Å². The lowest BCUT2D eigenvalue weighted by atomic mass is 9.84. The summed E-state index contributed by atoms with van der Waals surface area (Å²) in [6, 6.07) is 1.41. The molecule has 0 aliphatic heterocycles. The van der Waals surface area contributed by atoms with Gasteiger partial charge in [-0.05, 0) is 63.2 Å². The van der Waals surface area contributed by atoms with Crippen LogP contribution in [0.2, 0.25) is 25.2 Å². The van der Waals surface area contributed by atoms with Crippen LogP contribution in [0.5, 0.6) is 0 Å². The van der Waals surface area contributed by atoms with Crippen molar-refractivity contribution in [3.05, 3.63) is 0 Å². The average molecular weight is 353 g/mol. The lowest BCUT2D eigenvalue weighted by Crippen LogP contribution is -2.51. The predicted molar refractivity (Wildman–Crippen MR) is 88.8 cm³/mol. The molecule has 4 unspecified atom stereocenters. The summed E-state index contributed by atoms with van der Waals surface area (Å²) in [6.45, 7) is 3.55. The first-order valence-electron chi connectivity index (χ1n) is 8.16. The minimum Gasteiger partial charge on any atom is -0.415 e. The predicted octanol–water partition coefficient (Wildman–Crippen LogP) is 1.08. The quantitative estimate of drug-likeness (QED) is 0.464. The van der Waals surface area contributed by atoms with Gasteiger partial charge < -0.3 is 28.7 Å². The van der Waals surface area contributed by atoms with Crippen molar-refractivity contribution in [1.82, 2.24) is 0 Å². The highest BCUT2D eigenvalue weighted by molar-refractivity contribution is 6.79. The molecule has 0 spiro atoms. The molecule has 4 N–H and O–H groups in total. The van der Waals surface area contributed by atoms with Gasteiger partial charge in [-0.1, -0.05) is 0 Å². The molecule has 1 aliphatic carbocycles. The normalized spacial score (nSPS) is 29.3. The number of aliphatic hydroxyl groups is 3. The van der Waals surface area contributed by atoms with Crippen LogP contribution in [0.1, 0.15) is 32.1 Å². The first-order chi connectivity index (χ1) is 10.2. The molecule has 4 atom stereocenters. The maximum atomic E-state index is 10.1. The summed E-state index contributed by atoms with van der Waals surface area (Å²) in [5.41, 5.74) is 0. The monoisotopic (exact) mass is 352 g/mol. The van der Waals surface area contributed by atoms with Gasteiger partial charge in [0.25, 0.3) is 0 Å². The zero-order chi connectivity index (χ0) is 16.8. The molecule has 0 amide bonds. The van der Waals surface area contributed by atoms with E-state index in [1.807, 2.05) is 0 Å². The fourth-order valence-electron chi connectivity index (χ4n) is 3.18. The van der Waals surface area contributed by atoms with E-state index in [9.17, 15) is 15.0 Å². The van der Waals surface area contributed by atoms with Crippen LogP contribution in [0.15, 0.2) is 0 Å². The zero-order valence-electron chi connectivity index (χ0n) is 14.0. The average Bonchev–Trinajstić information content (AvgIpc) is 2.44. The van der Waals surface area contributed by atoms with Crippen molar-refractivity contribution in [2.24, 2.45) is 5.92 Å². The van der Waals surface area contributed by atoms with Gasteiger partial charge in [-0.2, -0.15) is 0 Å². The third-order valence-electron chi connectivity index (χ3n) is 4.35. The summed E-state index contributed by atoms with van der Waals surface area (Å²) in [5, 5.41) is 28.5. The highest BCUT2D eigenvalue weighted by atomic mass is 28.5. The molecule has 0 aromatic rings. The highest BCUT2D eigenvalue weighted by Gasteiger charge is 2.42. The first kappa shape index (κ1) is 20.2. The summed E-state index contributed by atoms with van der Waals surface area (Å²) < 4.78 is 11.7. The standard InChI is InChI=1S/C14H32O6Si2/c1-19-22(9-4-8-15,20-21(2,3)18)10-7-12-5-6-13(16)14(17)11-12/h12-18H,4-11H2,1-3H3. The molecule has 0 aromatic heterocycles. The van der Waals surface area contributed by atoms with Crippen molar-refractivity contribution in [3.63, 3.8) is 0 Å². The molecular formula is C14H32O6Si2. The van der Waals surface area contributed by atoms with Crippen LogP contribution >= 0.6 is 0 Å². The van der Waals surface area contributed by atoms with Crippen molar-refractivity contribution >= 4 is 17.1 Å². The number of rotatable bonds is 9. The SMILES string of the molecule is CO[Si](CCCO)(CCC1CCC(O)C(O)C1)O[Si](C)(C)O. The topological polar surface area (TPSA) is 99.4 Å². The maximum absolute atomic E-state index is 10.1. The molecule has 8 heteroatoms. The van der Waals surface area contributed by atoms with Crippen LogP contribution in [0.3, 0.4) is 0 Å². The molecule has 1 fully saturated rings. The molecule has 0 heterocycles. The molecule has 0 saturated heterocycles. The Morgan fingerprint density at radius 2 is 1.77 bits per heavy atom. The van der Waals surface area contributed by atoms with Crippen LogP contribution in [-0.2, 0) is 8.54 Å². The molecule has 22 heavy (non-hydrogen) atoms. The molecule has 0 aromatic carbocycles. The molecular weight excluding hydrogens is 320 g/mol. The highest BCUT2D eigenvalue weighted by Crippen LogP contribution is 2.33. The number of hydrogen-bond donors (Lipinski definition) is 4. The van der Waals surface area contributed by atoms with Crippen molar-refractivity contribution in [3.8, 4) is 0 Å². The minimum absolute atomic E-state index is 0.0865. The van der Waals surface area contributed by atoms with Crippen LogP contribution in [0.4, 0.5) is 0 Å². The third-order valence-corrected chi connectivity index (χ3v) is 10.7. The van der Waals surface area contributed by atoms with Gasteiger partial charge in [0.05, 0.1) is 12.2 Å². The van der Waals surface area contributed by atoms with Crippen molar-refractivity contribution < 1.29 is 28.7 Å². The second kappa shape index (κ2) is 8.88. The fourth-order valence-corrected chi connectivity index (χ4v) is 10.2. The lowest BCUT2D eigenvalue weighted by molar-refractivity contribution is -0.0260. The summed E-state index contributed by atoms with van der Waals surface area (Å²) in [6.07, 6.45) is 2.36. The summed E-state index contributed by atoms with van der Waals surface area (Å²) in [4.78, 5) is 10.1. The van der Waals surface area contributed by atoms with Gasteiger partial charge in [-0.3, -0.25) is 0 Å². The molecule has 6 nitrogen and oxygen atoms in total. The van der Waals surface area contributed by atoms with E-state index >= 15 is 0 Å². The third kappa shape index (κ3) is 6.75. The Balaban J connectivity index is 2.63. The van der Waals surface area contributed by atoms with Gasteiger partial charge in [0.1, 0.15) is 0 Å². The van der Waals surface area contributed by atoms with Gasteiger partial charge in [0.2, 0.25) is 0 Å². The van der Waals surface area contributed by atoms with Gasteiger partial charge in [0, 0.05) is 13.7 Å². The van der Waals surface area contributed by atoms with Crippen LogP contribution in [0, 0.1) is 5.92 Å². The summed E-state index contributed by atoms with van der Waals surface area (Å²) in [7, 11) is -3.62. The van der Waals surface area contributed by atoms with E-state index in [1.165, 1.54) is 0 Å². The van der Waals surface area contributed by atoms with E-state index in [1.54, 1.807) is 20.2 Å². The Morgan fingerprint density at radius 1 is 1.09 bits per heavy atom. The first-order valence-corrected chi connectivity index (χ1v) is 13.2. The van der Waals surface area contributed by atoms with Crippen LogP contribution in [-0.4, -0.2) is 63.2 Å². The smallest absolute Gasteiger partial charge is 0.329 e. The van der Waals surface area contributed by atoms with E-state index < -0.39 is 29.3 Å². The Labute approximate surface area is 135 Å².